The van der Waals surface area contributed by atoms with Crippen LogP contribution in [-0.4, -0.2) is 11.9 Å². The fraction of sp³-hybridized carbons (Fsp3) is 0.444. The maximum absolute atomic E-state index is 5.52. The van der Waals surface area contributed by atoms with Crippen molar-refractivity contribution in [2.75, 3.05) is 5.75 Å². The number of hydrogen-bond acceptors (Lipinski definition) is 3. The lowest BCUT2D eigenvalue weighted by Gasteiger charge is -2.19. The van der Waals surface area contributed by atoms with Gasteiger partial charge in [0.25, 0.3) is 0 Å². The van der Waals surface area contributed by atoms with Crippen molar-refractivity contribution in [3.63, 3.8) is 0 Å². The molecule has 1 radical (unpaired) electrons. The fourth-order valence-electron chi connectivity index (χ4n) is 1.21. The highest BCUT2D eigenvalue weighted by Gasteiger charge is 2.15. The zero-order chi connectivity index (χ0) is 8.23. The Morgan fingerprint density at radius 2 is 2.58 bits per heavy atom. The standard InChI is InChI=1S/C9H11OS2/c1-3-8(10-12-6-1)7-9-4-2-5-11-9/h2,4-5,7-8H,1,3,6H2. The van der Waals surface area contributed by atoms with Gasteiger partial charge >= 0.3 is 0 Å². The van der Waals surface area contributed by atoms with Crippen LogP contribution in [0.25, 0.3) is 0 Å². The lowest BCUT2D eigenvalue weighted by molar-refractivity contribution is 0.254. The third kappa shape index (κ3) is 2.25. The molecule has 1 aliphatic heterocycles. The van der Waals surface area contributed by atoms with Gasteiger partial charge in [-0.25, -0.2) is 0 Å². The highest BCUT2D eigenvalue weighted by atomic mass is 32.2. The molecule has 65 valence electrons. The Balaban J connectivity index is 1.86. The monoisotopic (exact) mass is 199 g/mol. The molecule has 12 heavy (non-hydrogen) atoms. The summed E-state index contributed by atoms with van der Waals surface area (Å²) in [7, 11) is 0. The second kappa shape index (κ2) is 4.30. The molecular formula is C9H11OS2. The van der Waals surface area contributed by atoms with Crippen LogP contribution in [0.4, 0.5) is 0 Å². The lowest BCUT2D eigenvalue weighted by atomic mass is 10.1. The summed E-state index contributed by atoms with van der Waals surface area (Å²) in [6, 6.07) is 4.21. The first-order valence-corrected chi connectivity index (χ1v) is 5.91. The van der Waals surface area contributed by atoms with Crippen molar-refractivity contribution in [3.8, 4) is 0 Å². The minimum absolute atomic E-state index is 0.336. The smallest absolute Gasteiger partial charge is 0.0806 e. The van der Waals surface area contributed by atoms with Gasteiger partial charge in [-0.3, -0.25) is 0 Å². The average Bonchev–Trinajstić information content (AvgIpc) is 2.59. The van der Waals surface area contributed by atoms with Crippen molar-refractivity contribution in [2.45, 2.75) is 18.9 Å². The molecule has 1 aromatic rings. The van der Waals surface area contributed by atoms with Gasteiger partial charge < -0.3 is 4.18 Å². The normalized spacial score (nSPS) is 24.2. The Morgan fingerprint density at radius 3 is 3.25 bits per heavy atom. The van der Waals surface area contributed by atoms with E-state index in [4.69, 9.17) is 4.18 Å². The fourth-order valence-corrected chi connectivity index (χ4v) is 2.62. The van der Waals surface area contributed by atoms with Crippen LogP contribution in [-0.2, 0) is 4.18 Å². The molecule has 3 heteroatoms. The summed E-state index contributed by atoms with van der Waals surface area (Å²) in [6.45, 7) is 0. The van der Waals surface area contributed by atoms with Gasteiger partial charge in [-0.1, -0.05) is 6.07 Å². The summed E-state index contributed by atoms with van der Waals surface area (Å²) in [4.78, 5) is 1.32. The Morgan fingerprint density at radius 1 is 1.58 bits per heavy atom. The van der Waals surface area contributed by atoms with Crippen LogP contribution in [0.1, 0.15) is 17.7 Å². The SMILES string of the molecule is [CH](c1cccs1)C1CCCSO1. The predicted octanol–water partition coefficient (Wildman–Crippen LogP) is 3.13. The highest BCUT2D eigenvalue weighted by Crippen LogP contribution is 2.26. The summed E-state index contributed by atoms with van der Waals surface area (Å²) in [5.41, 5.74) is 0. The van der Waals surface area contributed by atoms with E-state index in [-0.39, 0.29) is 0 Å². The van der Waals surface area contributed by atoms with Gasteiger partial charge in [0.1, 0.15) is 0 Å². The molecule has 0 N–H and O–H groups in total. The van der Waals surface area contributed by atoms with E-state index in [9.17, 15) is 0 Å². The minimum atomic E-state index is 0.336. The maximum Gasteiger partial charge on any atom is 0.0806 e. The molecule has 0 aromatic carbocycles. The van der Waals surface area contributed by atoms with Gasteiger partial charge in [-0.2, -0.15) is 0 Å². The molecule has 1 unspecified atom stereocenters. The van der Waals surface area contributed by atoms with E-state index in [0.717, 1.165) is 5.75 Å². The second-order valence-corrected chi connectivity index (χ2v) is 4.60. The van der Waals surface area contributed by atoms with Crippen molar-refractivity contribution in [2.24, 2.45) is 0 Å². The van der Waals surface area contributed by atoms with Crippen molar-refractivity contribution in [1.82, 2.24) is 0 Å². The van der Waals surface area contributed by atoms with Crippen LogP contribution in [0, 0.1) is 6.42 Å². The molecule has 0 aliphatic carbocycles. The molecule has 0 amide bonds. The van der Waals surface area contributed by atoms with Crippen LogP contribution in [0.2, 0.25) is 0 Å². The van der Waals surface area contributed by atoms with Crippen molar-refractivity contribution in [3.05, 3.63) is 28.8 Å². The van der Waals surface area contributed by atoms with Crippen molar-refractivity contribution in [1.29, 1.82) is 0 Å². The lowest BCUT2D eigenvalue weighted by Crippen LogP contribution is -2.14. The zero-order valence-corrected chi connectivity index (χ0v) is 8.37. The molecule has 2 heterocycles. The molecule has 2 rings (SSSR count). The zero-order valence-electron chi connectivity index (χ0n) is 6.73. The number of thiophene rings is 1. The molecule has 0 spiro atoms. The largest absolute Gasteiger partial charge is 0.311 e. The van der Waals surface area contributed by atoms with Crippen molar-refractivity contribution >= 4 is 23.4 Å². The van der Waals surface area contributed by atoms with E-state index in [0.29, 0.717) is 6.10 Å². The Hall–Kier alpha value is 0.01000. The molecule has 1 fully saturated rings. The third-order valence-electron chi connectivity index (χ3n) is 1.80. The van der Waals surface area contributed by atoms with Gasteiger partial charge in [-0.05, 0) is 36.3 Å². The molecule has 1 aromatic heterocycles. The summed E-state index contributed by atoms with van der Waals surface area (Å²) in [5, 5.41) is 2.10. The first-order valence-electron chi connectivity index (χ1n) is 4.12. The van der Waals surface area contributed by atoms with Gasteiger partial charge in [0.2, 0.25) is 0 Å². The van der Waals surface area contributed by atoms with Crippen molar-refractivity contribution < 1.29 is 4.18 Å². The third-order valence-corrected chi connectivity index (χ3v) is 3.48. The van der Waals surface area contributed by atoms with Gasteiger partial charge in [0, 0.05) is 17.1 Å². The van der Waals surface area contributed by atoms with E-state index in [1.54, 1.807) is 23.4 Å². The average molecular weight is 199 g/mol. The topological polar surface area (TPSA) is 9.23 Å². The van der Waals surface area contributed by atoms with Crippen LogP contribution in [0.15, 0.2) is 17.5 Å². The first kappa shape index (κ1) is 8.60. The van der Waals surface area contributed by atoms with E-state index >= 15 is 0 Å². The summed E-state index contributed by atoms with van der Waals surface area (Å²) in [6.07, 6.45) is 5.00. The molecule has 1 saturated heterocycles. The molecule has 0 saturated carbocycles. The molecule has 0 bridgehead atoms. The Labute approximate surface area is 81.3 Å². The second-order valence-electron chi connectivity index (χ2n) is 2.78. The van der Waals surface area contributed by atoms with Crippen LogP contribution in [0.3, 0.4) is 0 Å². The van der Waals surface area contributed by atoms with E-state index < -0.39 is 0 Å². The first-order chi connectivity index (χ1) is 5.95. The number of hydrogen-bond donors (Lipinski definition) is 0. The van der Waals surface area contributed by atoms with Crippen LogP contribution < -0.4 is 0 Å². The highest BCUT2D eigenvalue weighted by molar-refractivity contribution is 7.94. The number of rotatable bonds is 2. The van der Waals surface area contributed by atoms with Gasteiger partial charge in [0.15, 0.2) is 0 Å². The quantitative estimate of drug-likeness (QED) is 0.677. The molecule has 1 aliphatic rings. The maximum atomic E-state index is 5.52. The molecule has 1 atom stereocenters. The van der Waals surface area contributed by atoms with Gasteiger partial charge in [0.05, 0.1) is 6.10 Å². The summed E-state index contributed by atoms with van der Waals surface area (Å²) in [5.74, 6) is 1.15. The van der Waals surface area contributed by atoms with E-state index in [1.165, 1.54) is 17.7 Å². The molecule has 1 nitrogen and oxygen atoms in total. The predicted molar refractivity (Wildman–Crippen MR) is 54.3 cm³/mol. The van der Waals surface area contributed by atoms with E-state index in [2.05, 4.69) is 23.9 Å². The minimum Gasteiger partial charge on any atom is -0.311 e. The van der Waals surface area contributed by atoms with E-state index in [1.807, 2.05) is 0 Å². The van der Waals surface area contributed by atoms with Gasteiger partial charge in [-0.15, -0.1) is 11.3 Å². The summed E-state index contributed by atoms with van der Waals surface area (Å²) >= 11 is 3.37. The summed E-state index contributed by atoms with van der Waals surface area (Å²) < 4.78 is 5.52. The van der Waals surface area contributed by atoms with Crippen LogP contribution >= 0.6 is 23.4 Å². The Bertz CT molecular complexity index is 214. The van der Waals surface area contributed by atoms with Crippen LogP contribution in [0.5, 0.6) is 0 Å². The molecular weight excluding hydrogens is 188 g/mol. The Kier molecular flexibility index (Phi) is 3.08.